The zero-order valence-electron chi connectivity index (χ0n) is 10.3. The minimum Gasteiger partial charge on any atom is -0.295 e. The summed E-state index contributed by atoms with van der Waals surface area (Å²) in [6.07, 6.45) is 5.24. The van der Waals surface area contributed by atoms with Crippen molar-refractivity contribution in [3.05, 3.63) is 50.9 Å². The molecule has 0 radical (unpaired) electrons. The van der Waals surface area contributed by atoms with Gasteiger partial charge >= 0.3 is 0 Å². The van der Waals surface area contributed by atoms with E-state index in [2.05, 4.69) is 24.4 Å². The van der Waals surface area contributed by atoms with Crippen molar-refractivity contribution in [3.63, 3.8) is 0 Å². The lowest BCUT2D eigenvalue weighted by molar-refractivity contribution is -0.114. The maximum absolute atomic E-state index is 11.9. The first kappa shape index (κ1) is 13.2. The zero-order valence-corrected chi connectivity index (χ0v) is 12.0. The fourth-order valence-electron chi connectivity index (χ4n) is 1.84. The molecule has 0 aliphatic heterocycles. The van der Waals surface area contributed by atoms with Gasteiger partial charge in [-0.1, -0.05) is 19.1 Å². The Labute approximate surface area is 116 Å². The van der Waals surface area contributed by atoms with Crippen molar-refractivity contribution >= 4 is 34.5 Å². The Balaban J connectivity index is 1.94. The second-order valence-electron chi connectivity index (χ2n) is 4.14. The van der Waals surface area contributed by atoms with E-state index >= 15 is 0 Å². The van der Waals surface area contributed by atoms with Gasteiger partial charge in [-0.25, -0.2) is 0 Å². The van der Waals surface area contributed by atoms with Crippen molar-refractivity contribution in [2.75, 3.05) is 0 Å². The number of carbonyl (C=O) groups excluding carboxylic acids is 1. The van der Waals surface area contributed by atoms with E-state index in [1.165, 1.54) is 4.88 Å². The van der Waals surface area contributed by atoms with Gasteiger partial charge in [-0.05, 0) is 41.5 Å². The van der Waals surface area contributed by atoms with Crippen LogP contribution in [0.2, 0.25) is 0 Å². The Hall–Kier alpha value is -1.19. The fraction of sp³-hybridized carbons (Fsp3) is 0.267. The maximum atomic E-state index is 11.9. The number of allylic oxidation sites excluding steroid dienone is 1. The Morgan fingerprint density at radius 1 is 1.28 bits per heavy atom. The summed E-state index contributed by atoms with van der Waals surface area (Å²) in [5.41, 5.74) is 0. The normalized spacial score (nSPS) is 12.9. The third kappa shape index (κ3) is 3.65. The van der Waals surface area contributed by atoms with Gasteiger partial charge in [-0.15, -0.1) is 22.7 Å². The van der Waals surface area contributed by atoms with Gasteiger partial charge in [0, 0.05) is 22.1 Å². The quantitative estimate of drug-likeness (QED) is 0.680. The standard InChI is InChI=1S/C15H16OS2/c1-2-12(15-6-4-10-18-15)11-13(16)7-8-14-5-3-9-17-14/h3-10,12H,2,11H2,1H3/b8-7+/t12-/m0/s1. The van der Waals surface area contributed by atoms with Crippen LogP contribution in [0.15, 0.2) is 41.1 Å². The lowest BCUT2D eigenvalue weighted by Crippen LogP contribution is -2.02. The molecule has 0 N–H and O–H groups in total. The van der Waals surface area contributed by atoms with E-state index in [1.807, 2.05) is 23.6 Å². The molecule has 0 aliphatic carbocycles. The molecule has 3 heteroatoms. The van der Waals surface area contributed by atoms with E-state index in [-0.39, 0.29) is 5.78 Å². The summed E-state index contributed by atoms with van der Waals surface area (Å²) in [6, 6.07) is 8.18. The summed E-state index contributed by atoms with van der Waals surface area (Å²) in [7, 11) is 0. The van der Waals surface area contributed by atoms with Crippen LogP contribution in [0, 0.1) is 0 Å². The molecular formula is C15H16OS2. The Morgan fingerprint density at radius 2 is 2.06 bits per heavy atom. The molecule has 0 fully saturated rings. The van der Waals surface area contributed by atoms with Gasteiger partial charge < -0.3 is 0 Å². The van der Waals surface area contributed by atoms with Gasteiger partial charge in [0.15, 0.2) is 5.78 Å². The Kier molecular flexibility index (Phi) is 4.90. The second kappa shape index (κ2) is 6.66. The van der Waals surface area contributed by atoms with E-state index in [0.29, 0.717) is 12.3 Å². The van der Waals surface area contributed by atoms with Crippen molar-refractivity contribution in [2.45, 2.75) is 25.7 Å². The molecule has 1 nitrogen and oxygen atoms in total. The lowest BCUT2D eigenvalue weighted by Gasteiger charge is -2.10. The van der Waals surface area contributed by atoms with Crippen LogP contribution in [0.4, 0.5) is 0 Å². The van der Waals surface area contributed by atoms with E-state index < -0.39 is 0 Å². The molecule has 2 aromatic heterocycles. The zero-order chi connectivity index (χ0) is 12.8. The van der Waals surface area contributed by atoms with Crippen LogP contribution >= 0.6 is 22.7 Å². The van der Waals surface area contributed by atoms with Crippen LogP contribution < -0.4 is 0 Å². The third-order valence-corrected chi connectivity index (χ3v) is 4.73. The predicted molar refractivity (Wildman–Crippen MR) is 80.3 cm³/mol. The maximum Gasteiger partial charge on any atom is 0.156 e. The molecule has 1 atom stereocenters. The highest BCUT2D eigenvalue weighted by atomic mass is 32.1. The SMILES string of the molecule is CC[C@@H](CC(=O)/C=C/c1cccs1)c1cccs1. The predicted octanol–water partition coefficient (Wildman–Crippen LogP) is 4.98. The first-order chi connectivity index (χ1) is 8.79. The Bertz CT molecular complexity index is 495. The van der Waals surface area contributed by atoms with Gasteiger partial charge in [0.1, 0.15) is 0 Å². The number of rotatable bonds is 6. The molecule has 0 aromatic carbocycles. The monoisotopic (exact) mass is 276 g/mol. The molecule has 0 saturated carbocycles. The average Bonchev–Trinajstić information content (AvgIpc) is 3.05. The number of ketones is 1. The van der Waals surface area contributed by atoms with E-state index in [1.54, 1.807) is 28.7 Å². The molecule has 0 unspecified atom stereocenters. The smallest absolute Gasteiger partial charge is 0.156 e. The summed E-state index contributed by atoms with van der Waals surface area (Å²) in [4.78, 5) is 14.4. The molecule has 0 saturated heterocycles. The van der Waals surface area contributed by atoms with Gasteiger partial charge in [0.25, 0.3) is 0 Å². The minimum absolute atomic E-state index is 0.212. The lowest BCUT2D eigenvalue weighted by atomic mass is 9.98. The number of carbonyl (C=O) groups is 1. The summed E-state index contributed by atoms with van der Waals surface area (Å²) < 4.78 is 0. The molecule has 0 bridgehead atoms. The molecular weight excluding hydrogens is 260 g/mol. The molecule has 94 valence electrons. The van der Waals surface area contributed by atoms with Crippen LogP contribution in [0.25, 0.3) is 6.08 Å². The average molecular weight is 276 g/mol. The van der Waals surface area contributed by atoms with Crippen molar-refractivity contribution < 1.29 is 4.79 Å². The molecule has 0 amide bonds. The first-order valence-electron chi connectivity index (χ1n) is 6.07. The topological polar surface area (TPSA) is 17.1 Å². The molecule has 2 rings (SSSR count). The minimum atomic E-state index is 0.212. The molecule has 2 heterocycles. The second-order valence-corrected chi connectivity index (χ2v) is 6.10. The summed E-state index contributed by atoms with van der Waals surface area (Å²) >= 11 is 3.39. The largest absolute Gasteiger partial charge is 0.295 e. The molecule has 2 aromatic rings. The van der Waals surface area contributed by atoms with Crippen LogP contribution in [0.3, 0.4) is 0 Å². The summed E-state index contributed by atoms with van der Waals surface area (Å²) in [5.74, 6) is 0.578. The van der Waals surface area contributed by atoms with Gasteiger partial charge in [0.2, 0.25) is 0 Å². The highest BCUT2D eigenvalue weighted by Crippen LogP contribution is 2.27. The van der Waals surface area contributed by atoms with Gasteiger partial charge in [0.05, 0.1) is 0 Å². The highest BCUT2D eigenvalue weighted by Gasteiger charge is 2.13. The Morgan fingerprint density at radius 3 is 2.67 bits per heavy atom. The van der Waals surface area contributed by atoms with E-state index in [0.717, 1.165) is 11.3 Å². The number of hydrogen-bond donors (Lipinski definition) is 0. The van der Waals surface area contributed by atoms with Gasteiger partial charge in [-0.2, -0.15) is 0 Å². The van der Waals surface area contributed by atoms with Crippen LogP contribution in [0.5, 0.6) is 0 Å². The van der Waals surface area contributed by atoms with Crippen LogP contribution in [-0.2, 0) is 4.79 Å². The van der Waals surface area contributed by atoms with Crippen molar-refractivity contribution in [2.24, 2.45) is 0 Å². The fourth-order valence-corrected chi connectivity index (χ4v) is 3.37. The molecule has 18 heavy (non-hydrogen) atoms. The molecule has 0 spiro atoms. The first-order valence-corrected chi connectivity index (χ1v) is 7.83. The molecule has 0 aliphatic rings. The van der Waals surface area contributed by atoms with Crippen molar-refractivity contribution in [1.82, 2.24) is 0 Å². The van der Waals surface area contributed by atoms with Crippen molar-refractivity contribution in [3.8, 4) is 0 Å². The number of hydrogen-bond acceptors (Lipinski definition) is 3. The summed E-state index contributed by atoms with van der Waals surface area (Å²) in [6.45, 7) is 2.14. The van der Waals surface area contributed by atoms with Crippen molar-refractivity contribution in [1.29, 1.82) is 0 Å². The highest BCUT2D eigenvalue weighted by molar-refractivity contribution is 7.10. The third-order valence-electron chi connectivity index (χ3n) is 2.86. The summed E-state index contributed by atoms with van der Waals surface area (Å²) in [5, 5.41) is 4.09. The van der Waals surface area contributed by atoms with Crippen LogP contribution in [0.1, 0.15) is 35.4 Å². The van der Waals surface area contributed by atoms with E-state index in [4.69, 9.17) is 0 Å². The van der Waals surface area contributed by atoms with Gasteiger partial charge in [-0.3, -0.25) is 4.79 Å². The number of thiophene rings is 2. The van der Waals surface area contributed by atoms with E-state index in [9.17, 15) is 4.79 Å². The van der Waals surface area contributed by atoms with Crippen LogP contribution in [-0.4, -0.2) is 5.78 Å².